The minimum Gasteiger partial charge on any atom is -0.340 e. The molecular formula is C14H29N3O. The van der Waals surface area contributed by atoms with Crippen molar-refractivity contribution in [3.05, 3.63) is 0 Å². The van der Waals surface area contributed by atoms with Gasteiger partial charge < -0.3 is 15.5 Å². The van der Waals surface area contributed by atoms with Gasteiger partial charge in [0, 0.05) is 19.6 Å². The van der Waals surface area contributed by atoms with E-state index >= 15 is 0 Å². The normalized spacial score (nSPS) is 19.1. The first-order chi connectivity index (χ1) is 8.25. The van der Waals surface area contributed by atoms with Crippen LogP contribution in [-0.4, -0.2) is 55.0 Å². The molecule has 1 aliphatic rings. The molecule has 0 aromatic carbocycles. The highest BCUT2D eigenvalue weighted by atomic mass is 16.2. The van der Waals surface area contributed by atoms with Crippen LogP contribution in [0.4, 0.5) is 0 Å². The molecule has 0 aromatic rings. The summed E-state index contributed by atoms with van der Waals surface area (Å²) < 4.78 is 0. The summed E-state index contributed by atoms with van der Waals surface area (Å²) in [4.78, 5) is 16.6. The zero-order chi connectivity index (χ0) is 13.9. The van der Waals surface area contributed by atoms with Crippen LogP contribution in [0.3, 0.4) is 0 Å². The third-order valence-electron chi connectivity index (χ3n) is 3.58. The SMILES string of the molecule is CC(C)CN(CCN(C)C)C(=O)C(C)(N)C1CC1. The molecule has 0 saturated heterocycles. The first kappa shape index (κ1) is 15.4. The molecule has 1 saturated carbocycles. The van der Waals surface area contributed by atoms with E-state index in [9.17, 15) is 4.79 Å². The van der Waals surface area contributed by atoms with Crippen molar-refractivity contribution in [2.24, 2.45) is 17.6 Å². The van der Waals surface area contributed by atoms with Crippen molar-refractivity contribution in [3.8, 4) is 0 Å². The van der Waals surface area contributed by atoms with E-state index in [1.807, 2.05) is 25.9 Å². The van der Waals surface area contributed by atoms with Crippen LogP contribution < -0.4 is 5.73 Å². The van der Waals surface area contributed by atoms with Crippen molar-refractivity contribution in [2.75, 3.05) is 33.7 Å². The molecule has 0 aliphatic heterocycles. The molecular weight excluding hydrogens is 226 g/mol. The van der Waals surface area contributed by atoms with Crippen LogP contribution in [-0.2, 0) is 4.79 Å². The monoisotopic (exact) mass is 255 g/mol. The summed E-state index contributed by atoms with van der Waals surface area (Å²) in [6.45, 7) is 8.63. The summed E-state index contributed by atoms with van der Waals surface area (Å²) in [6, 6.07) is 0. The number of nitrogens with two attached hydrogens (primary N) is 1. The molecule has 0 radical (unpaired) electrons. The predicted molar refractivity (Wildman–Crippen MR) is 75.3 cm³/mol. The van der Waals surface area contributed by atoms with Crippen molar-refractivity contribution >= 4 is 5.91 Å². The van der Waals surface area contributed by atoms with Gasteiger partial charge in [-0.2, -0.15) is 0 Å². The second-order valence-electron chi connectivity index (χ2n) is 6.51. The van der Waals surface area contributed by atoms with Gasteiger partial charge >= 0.3 is 0 Å². The predicted octanol–water partition coefficient (Wildman–Crippen LogP) is 1.16. The van der Waals surface area contributed by atoms with E-state index in [2.05, 4.69) is 18.7 Å². The first-order valence-corrected chi connectivity index (χ1v) is 6.98. The Morgan fingerprint density at radius 3 is 2.28 bits per heavy atom. The molecule has 4 nitrogen and oxygen atoms in total. The van der Waals surface area contributed by atoms with Gasteiger partial charge in [-0.1, -0.05) is 13.8 Å². The molecule has 1 fully saturated rings. The minimum atomic E-state index is -0.665. The Balaban J connectivity index is 2.65. The zero-order valence-electron chi connectivity index (χ0n) is 12.6. The number of hydrogen-bond acceptors (Lipinski definition) is 3. The van der Waals surface area contributed by atoms with Crippen molar-refractivity contribution in [1.29, 1.82) is 0 Å². The molecule has 1 amide bonds. The summed E-state index contributed by atoms with van der Waals surface area (Å²) in [7, 11) is 4.06. The van der Waals surface area contributed by atoms with Gasteiger partial charge in [0.1, 0.15) is 0 Å². The van der Waals surface area contributed by atoms with E-state index in [0.29, 0.717) is 11.8 Å². The molecule has 4 heteroatoms. The van der Waals surface area contributed by atoms with E-state index in [4.69, 9.17) is 5.73 Å². The van der Waals surface area contributed by atoms with E-state index in [1.54, 1.807) is 0 Å². The maximum Gasteiger partial charge on any atom is 0.242 e. The van der Waals surface area contributed by atoms with E-state index in [1.165, 1.54) is 0 Å². The number of carbonyl (C=O) groups excluding carboxylic acids is 1. The minimum absolute atomic E-state index is 0.126. The summed E-state index contributed by atoms with van der Waals surface area (Å²) in [5.41, 5.74) is 5.58. The average Bonchev–Trinajstić information content (AvgIpc) is 3.06. The Morgan fingerprint density at radius 1 is 1.33 bits per heavy atom. The first-order valence-electron chi connectivity index (χ1n) is 6.98. The highest BCUT2D eigenvalue weighted by Crippen LogP contribution is 2.39. The molecule has 1 atom stereocenters. The molecule has 0 aromatic heterocycles. The van der Waals surface area contributed by atoms with Crippen molar-refractivity contribution in [2.45, 2.75) is 39.2 Å². The fourth-order valence-electron chi connectivity index (χ4n) is 2.24. The van der Waals surface area contributed by atoms with E-state index in [0.717, 1.165) is 32.5 Å². The lowest BCUT2D eigenvalue weighted by atomic mass is 9.95. The van der Waals surface area contributed by atoms with Gasteiger partial charge in [-0.25, -0.2) is 0 Å². The van der Waals surface area contributed by atoms with Crippen LogP contribution in [0.5, 0.6) is 0 Å². The Kier molecular flexibility index (Phi) is 5.17. The van der Waals surface area contributed by atoms with Crippen molar-refractivity contribution < 1.29 is 4.79 Å². The van der Waals surface area contributed by atoms with Crippen molar-refractivity contribution in [1.82, 2.24) is 9.80 Å². The topological polar surface area (TPSA) is 49.6 Å². The largest absolute Gasteiger partial charge is 0.340 e. The van der Waals surface area contributed by atoms with Gasteiger partial charge in [-0.15, -0.1) is 0 Å². The number of hydrogen-bond donors (Lipinski definition) is 1. The van der Waals surface area contributed by atoms with Crippen LogP contribution in [0.1, 0.15) is 33.6 Å². The molecule has 0 spiro atoms. The van der Waals surface area contributed by atoms with Crippen LogP contribution in [0.2, 0.25) is 0 Å². The van der Waals surface area contributed by atoms with E-state index in [-0.39, 0.29) is 5.91 Å². The van der Waals surface area contributed by atoms with Gasteiger partial charge in [0.15, 0.2) is 0 Å². The fourth-order valence-corrected chi connectivity index (χ4v) is 2.24. The van der Waals surface area contributed by atoms with Gasteiger partial charge in [0.2, 0.25) is 5.91 Å². The van der Waals surface area contributed by atoms with Crippen LogP contribution in [0.15, 0.2) is 0 Å². The lowest BCUT2D eigenvalue weighted by molar-refractivity contribution is -0.137. The summed E-state index contributed by atoms with van der Waals surface area (Å²) in [5, 5.41) is 0. The van der Waals surface area contributed by atoms with Gasteiger partial charge in [-0.3, -0.25) is 4.79 Å². The molecule has 106 valence electrons. The Labute approximate surface area is 111 Å². The highest BCUT2D eigenvalue weighted by Gasteiger charge is 2.45. The summed E-state index contributed by atoms with van der Waals surface area (Å²) >= 11 is 0. The molecule has 1 rings (SSSR count). The number of nitrogens with zero attached hydrogens (tertiary/aromatic N) is 2. The van der Waals surface area contributed by atoms with Crippen LogP contribution in [0.25, 0.3) is 0 Å². The third-order valence-corrected chi connectivity index (χ3v) is 3.58. The second kappa shape index (κ2) is 6.02. The molecule has 18 heavy (non-hydrogen) atoms. The number of carbonyl (C=O) groups is 1. The lowest BCUT2D eigenvalue weighted by Gasteiger charge is -2.33. The number of amides is 1. The quantitative estimate of drug-likeness (QED) is 0.742. The maximum atomic E-state index is 12.6. The average molecular weight is 255 g/mol. The molecule has 1 aliphatic carbocycles. The Hall–Kier alpha value is -0.610. The Morgan fingerprint density at radius 2 is 1.89 bits per heavy atom. The third kappa shape index (κ3) is 4.25. The standard InChI is InChI=1S/C14H29N3O/c1-11(2)10-17(9-8-16(4)5)13(18)14(3,15)12-6-7-12/h11-12H,6-10,15H2,1-5H3. The van der Waals surface area contributed by atoms with E-state index < -0.39 is 5.54 Å². The van der Waals surface area contributed by atoms with Gasteiger partial charge in [0.25, 0.3) is 0 Å². The molecule has 2 N–H and O–H groups in total. The van der Waals surface area contributed by atoms with Crippen molar-refractivity contribution in [3.63, 3.8) is 0 Å². The van der Waals surface area contributed by atoms with Crippen LogP contribution in [0, 0.1) is 11.8 Å². The van der Waals surface area contributed by atoms with Gasteiger partial charge in [0.05, 0.1) is 5.54 Å². The molecule has 0 heterocycles. The maximum absolute atomic E-state index is 12.6. The molecule has 1 unspecified atom stereocenters. The second-order valence-corrected chi connectivity index (χ2v) is 6.51. The number of likely N-dealkylation sites (N-methyl/N-ethyl adjacent to an activating group) is 1. The lowest BCUT2D eigenvalue weighted by Crippen LogP contribution is -2.56. The fraction of sp³-hybridized carbons (Fsp3) is 0.929. The smallest absolute Gasteiger partial charge is 0.242 e. The van der Waals surface area contributed by atoms with Gasteiger partial charge in [-0.05, 0) is 45.7 Å². The van der Waals surface area contributed by atoms with Crippen LogP contribution >= 0.6 is 0 Å². The molecule has 0 bridgehead atoms. The summed E-state index contributed by atoms with van der Waals surface area (Å²) in [5.74, 6) is 0.991. The Bertz CT molecular complexity index is 283. The zero-order valence-corrected chi connectivity index (χ0v) is 12.6. The number of rotatable bonds is 7. The highest BCUT2D eigenvalue weighted by molar-refractivity contribution is 5.86. The summed E-state index contributed by atoms with van der Waals surface area (Å²) in [6.07, 6.45) is 2.20.